The number of allylic oxidation sites excluding steroid dienone is 1. The van der Waals surface area contributed by atoms with Crippen molar-refractivity contribution in [3.05, 3.63) is 12.2 Å². The SMILES string of the molecule is CCCCCCCCC/C=C/C(O)C(CO)NC(=O)CCCCCCCCCCCCCCCCCCCCCCCOC(=O)CCCCCCCCCCCCCCCCCCCC. The lowest BCUT2D eigenvalue weighted by Crippen LogP contribution is -2.45. The van der Waals surface area contributed by atoms with Gasteiger partial charge in [0.05, 0.1) is 25.4 Å². The fourth-order valence-electron chi connectivity index (χ4n) is 9.28. The van der Waals surface area contributed by atoms with Gasteiger partial charge in [-0.2, -0.15) is 0 Å². The second-order valence-electron chi connectivity index (χ2n) is 20.3. The first-order chi connectivity index (χ1) is 32.0. The molecule has 0 aromatic carbocycles. The van der Waals surface area contributed by atoms with Gasteiger partial charge in [0.2, 0.25) is 5.91 Å². The highest BCUT2D eigenvalue weighted by atomic mass is 16.5. The Labute approximate surface area is 406 Å². The first-order valence-corrected chi connectivity index (χ1v) is 29.5. The van der Waals surface area contributed by atoms with Gasteiger partial charge in [0, 0.05) is 12.8 Å². The van der Waals surface area contributed by atoms with Crippen LogP contribution in [-0.4, -0.2) is 47.4 Å². The molecule has 0 saturated carbocycles. The zero-order valence-electron chi connectivity index (χ0n) is 44.0. The number of aliphatic hydroxyl groups excluding tert-OH is 2. The summed E-state index contributed by atoms with van der Waals surface area (Å²) in [5.74, 6) is -0.0545. The molecule has 0 aliphatic rings. The van der Waals surface area contributed by atoms with Gasteiger partial charge in [-0.1, -0.05) is 296 Å². The second-order valence-corrected chi connectivity index (χ2v) is 20.3. The average molecular weight is 919 g/mol. The third-order valence-corrected chi connectivity index (χ3v) is 13.8. The zero-order valence-corrected chi connectivity index (χ0v) is 44.0. The summed E-state index contributed by atoms with van der Waals surface area (Å²) >= 11 is 0. The van der Waals surface area contributed by atoms with E-state index < -0.39 is 12.1 Å². The lowest BCUT2D eigenvalue weighted by atomic mass is 10.0. The quantitative estimate of drug-likeness (QED) is 0.0321. The van der Waals surface area contributed by atoms with Gasteiger partial charge >= 0.3 is 5.97 Å². The zero-order chi connectivity index (χ0) is 47.2. The Kier molecular flexibility index (Phi) is 54.0. The van der Waals surface area contributed by atoms with Crippen LogP contribution in [0.15, 0.2) is 12.2 Å². The maximum absolute atomic E-state index is 12.4. The molecule has 0 aromatic heterocycles. The van der Waals surface area contributed by atoms with E-state index in [0.717, 1.165) is 38.5 Å². The van der Waals surface area contributed by atoms with E-state index in [4.69, 9.17) is 4.74 Å². The molecule has 0 saturated heterocycles. The van der Waals surface area contributed by atoms with Gasteiger partial charge < -0.3 is 20.3 Å². The van der Waals surface area contributed by atoms with E-state index in [9.17, 15) is 19.8 Å². The predicted molar refractivity (Wildman–Crippen MR) is 283 cm³/mol. The Bertz CT molecular complexity index is 970. The first kappa shape index (κ1) is 63.6. The standard InChI is InChI=1S/C59H115NO5/c1-3-5-7-9-11-13-14-15-16-17-24-27-30-33-37-41-45-49-53-59(64)65-54-50-46-42-38-34-31-28-25-22-20-18-19-21-23-26-29-32-36-40-44-48-52-58(63)60-56(55-61)57(62)51-47-43-39-35-12-10-8-6-4-2/h47,51,56-57,61-62H,3-46,48-50,52-55H2,1-2H3,(H,60,63)/b51-47+. The molecule has 0 aromatic rings. The topological polar surface area (TPSA) is 95.9 Å². The van der Waals surface area contributed by atoms with Crippen LogP contribution in [0, 0.1) is 0 Å². The van der Waals surface area contributed by atoms with Gasteiger partial charge in [-0.15, -0.1) is 0 Å². The third kappa shape index (κ3) is 51.8. The smallest absolute Gasteiger partial charge is 0.305 e. The van der Waals surface area contributed by atoms with Crippen molar-refractivity contribution in [2.45, 2.75) is 341 Å². The van der Waals surface area contributed by atoms with E-state index in [1.165, 1.54) is 263 Å². The number of amides is 1. The summed E-state index contributed by atoms with van der Waals surface area (Å²) in [7, 11) is 0. The van der Waals surface area contributed by atoms with Crippen molar-refractivity contribution < 1.29 is 24.5 Å². The van der Waals surface area contributed by atoms with Crippen molar-refractivity contribution in [1.82, 2.24) is 5.32 Å². The largest absolute Gasteiger partial charge is 0.466 e. The van der Waals surface area contributed by atoms with Crippen LogP contribution >= 0.6 is 0 Å². The van der Waals surface area contributed by atoms with Crippen LogP contribution in [0.1, 0.15) is 328 Å². The Morgan fingerprint density at radius 3 is 1.05 bits per heavy atom. The van der Waals surface area contributed by atoms with Crippen LogP contribution in [0.4, 0.5) is 0 Å². The van der Waals surface area contributed by atoms with Crippen LogP contribution in [0.25, 0.3) is 0 Å². The van der Waals surface area contributed by atoms with Crippen molar-refractivity contribution >= 4 is 11.9 Å². The first-order valence-electron chi connectivity index (χ1n) is 29.5. The number of nitrogens with one attached hydrogen (secondary N) is 1. The number of carbonyl (C=O) groups is 2. The number of unbranched alkanes of at least 4 members (excludes halogenated alkanes) is 44. The molecule has 0 aliphatic carbocycles. The lowest BCUT2D eigenvalue weighted by Gasteiger charge is -2.20. The van der Waals surface area contributed by atoms with Crippen LogP contribution in [0.5, 0.6) is 0 Å². The van der Waals surface area contributed by atoms with E-state index in [1.807, 2.05) is 6.08 Å². The van der Waals surface area contributed by atoms with Gasteiger partial charge in [-0.25, -0.2) is 0 Å². The van der Waals surface area contributed by atoms with Crippen LogP contribution in [0.2, 0.25) is 0 Å². The number of hydrogen-bond donors (Lipinski definition) is 3. The minimum atomic E-state index is -0.842. The summed E-state index contributed by atoms with van der Waals surface area (Å²) in [6, 6.07) is -0.625. The predicted octanol–water partition coefficient (Wildman–Crippen LogP) is 18.1. The van der Waals surface area contributed by atoms with Crippen molar-refractivity contribution in [3.8, 4) is 0 Å². The molecule has 0 spiro atoms. The molecule has 0 aliphatic heterocycles. The summed E-state index contributed by atoms with van der Waals surface area (Å²) in [4.78, 5) is 24.5. The summed E-state index contributed by atoms with van der Waals surface area (Å²) in [6.07, 6.45) is 65.4. The number of aliphatic hydroxyl groups is 2. The van der Waals surface area contributed by atoms with E-state index in [2.05, 4.69) is 19.2 Å². The molecular weight excluding hydrogens is 803 g/mol. The molecule has 2 atom stereocenters. The molecule has 0 rings (SSSR count). The second kappa shape index (κ2) is 55.2. The molecule has 6 heteroatoms. The Morgan fingerprint density at radius 2 is 0.708 bits per heavy atom. The summed E-state index contributed by atoms with van der Waals surface area (Å²) in [5, 5.41) is 22.9. The molecule has 1 amide bonds. The van der Waals surface area contributed by atoms with Gasteiger partial charge in [0.1, 0.15) is 0 Å². The van der Waals surface area contributed by atoms with Crippen molar-refractivity contribution in [2.75, 3.05) is 13.2 Å². The molecule has 3 N–H and O–H groups in total. The lowest BCUT2D eigenvalue weighted by molar-refractivity contribution is -0.143. The molecule has 0 fully saturated rings. The molecule has 0 radical (unpaired) electrons. The minimum Gasteiger partial charge on any atom is -0.466 e. The van der Waals surface area contributed by atoms with Gasteiger partial charge in [-0.3, -0.25) is 9.59 Å². The molecular formula is C59H115NO5. The third-order valence-electron chi connectivity index (χ3n) is 13.8. The Hall–Kier alpha value is -1.40. The molecule has 0 heterocycles. The van der Waals surface area contributed by atoms with Crippen molar-refractivity contribution in [3.63, 3.8) is 0 Å². The number of esters is 1. The number of rotatable bonds is 55. The highest BCUT2D eigenvalue weighted by Crippen LogP contribution is 2.18. The van der Waals surface area contributed by atoms with E-state index in [0.29, 0.717) is 19.4 Å². The highest BCUT2D eigenvalue weighted by Gasteiger charge is 2.18. The van der Waals surface area contributed by atoms with Crippen LogP contribution in [0.3, 0.4) is 0 Å². The Balaban J connectivity index is 3.34. The molecule has 2 unspecified atom stereocenters. The molecule has 6 nitrogen and oxygen atoms in total. The van der Waals surface area contributed by atoms with Crippen LogP contribution in [-0.2, 0) is 14.3 Å². The summed E-state index contributed by atoms with van der Waals surface area (Å²) < 4.78 is 5.50. The Morgan fingerprint density at radius 1 is 0.415 bits per heavy atom. The molecule has 386 valence electrons. The number of hydrogen-bond acceptors (Lipinski definition) is 5. The van der Waals surface area contributed by atoms with Gasteiger partial charge in [-0.05, 0) is 32.1 Å². The van der Waals surface area contributed by atoms with Gasteiger partial charge in [0.25, 0.3) is 0 Å². The van der Waals surface area contributed by atoms with Crippen molar-refractivity contribution in [2.24, 2.45) is 0 Å². The maximum Gasteiger partial charge on any atom is 0.305 e. The summed E-state index contributed by atoms with van der Waals surface area (Å²) in [5.41, 5.74) is 0. The number of ether oxygens (including phenoxy) is 1. The average Bonchev–Trinajstić information content (AvgIpc) is 3.31. The number of carbonyl (C=O) groups excluding carboxylic acids is 2. The maximum atomic E-state index is 12.4. The van der Waals surface area contributed by atoms with Crippen LogP contribution < -0.4 is 5.32 Å². The monoisotopic (exact) mass is 918 g/mol. The van der Waals surface area contributed by atoms with E-state index in [1.54, 1.807) is 6.08 Å². The fourth-order valence-corrected chi connectivity index (χ4v) is 9.28. The highest BCUT2D eigenvalue weighted by molar-refractivity contribution is 5.76. The minimum absolute atomic E-state index is 0.0160. The molecule has 65 heavy (non-hydrogen) atoms. The fraction of sp³-hybridized carbons (Fsp3) is 0.932. The van der Waals surface area contributed by atoms with Crippen molar-refractivity contribution in [1.29, 1.82) is 0 Å². The van der Waals surface area contributed by atoms with Gasteiger partial charge in [0.15, 0.2) is 0 Å². The summed E-state index contributed by atoms with van der Waals surface area (Å²) in [6.45, 7) is 4.89. The van der Waals surface area contributed by atoms with E-state index in [-0.39, 0.29) is 18.5 Å². The van der Waals surface area contributed by atoms with E-state index >= 15 is 0 Å². The molecule has 0 bridgehead atoms. The normalized spacial score (nSPS) is 12.6.